The third-order valence-electron chi connectivity index (χ3n) is 4.26. The summed E-state index contributed by atoms with van der Waals surface area (Å²) in [5.74, 6) is 0.835. The van der Waals surface area contributed by atoms with Crippen molar-refractivity contribution in [2.45, 2.75) is 45.1 Å². The summed E-state index contributed by atoms with van der Waals surface area (Å²) in [5, 5.41) is 3.91. The van der Waals surface area contributed by atoms with Crippen LogP contribution in [0, 0.1) is 5.82 Å². The lowest BCUT2D eigenvalue weighted by atomic mass is 9.97. The monoisotopic (exact) mass is 347 g/mol. The highest BCUT2D eigenvalue weighted by Crippen LogP contribution is 2.26. The summed E-state index contributed by atoms with van der Waals surface area (Å²) in [5.41, 5.74) is 0. The highest BCUT2D eigenvalue weighted by atomic mass is 19.1. The van der Waals surface area contributed by atoms with Crippen LogP contribution in [-0.2, 0) is 11.4 Å². The quantitative estimate of drug-likeness (QED) is 0.802. The van der Waals surface area contributed by atoms with Crippen LogP contribution in [0.2, 0.25) is 0 Å². The van der Waals surface area contributed by atoms with E-state index in [-0.39, 0.29) is 24.2 Å². The van der Waals surface area contributed by atoms with E-state index >= 15 is 0 Å². The SMILES string of the molecule is CCCC(=O)N1CCCC(c2nc(COc3ccccc3F)no2)C1. The molecule has 1 amide bonds. The fraction of sp³-hybridized carbons (Fsp3) is 0.500. The van der Waals surface area contributed by atoms with Crippen molar-refractivity contribution < 1.29 is 18.4 Å². The van der Waals surface area contributed by atoms with E-state index in [1.807, 2.05) is 11.8 Å². The maximum Gasteiger partial charge on any atom is 0.231 e. The number of likely N-dealkylation sites (tertiary alicyclic amines) is 1. The normalized spacial score (nSPS) is 17.5. The molecule has 1 aromatic heterocycles. The van der Waals surface area contributed by atoms with Gasteiger partial charge in [0, 0.05) is 19.5 Å². The number of piperidine rings is 1. The van der Waals surface area contributed by atoms with Gasteiger partial charge in [-0.1, -0.05) is 24.2 Å². The maximum absolute atomic E-state index is 13.5. The average molecular weight is 347 g/mol. The van der Waals surface area contributed by atoms with E-state index in [1.165, 1.54) is 6.07 Å². The Bertz CT molecular complexity index is 719. The second-order valence-electron chi connectivity index (χ2n) is 6.20. The molecule has 2 heterocycles. The first-order chi connectivity index (χ1) is 12.2. The van der Waals surface area contributed by atoms with Crippen LogP contribution in [0.3, 0.4) is 0 Å². The molecule has 0 bridgehead atoms. The van der Waals surface area contributed by atoms with Gasteiger partial charge in [-0.25, -0.2) is 4.39 Å². The zero-order chi connectivity index (χ0) is 17.6. The van der Waals surface area contributed by atoms with E-state index < -0.39 is 5.82 Å². The number of ether oxygens (including phenoxy) is 1. The molecule has 6 nitrogen and oxygen atoms in total. The molecule has 2 aromatic rings. The molecule has 3 rings (SSSR count). The van der Waals surface area contributed by atoms with E-state index in [1.54, 1.807) is 18.2 Å². The van der Waals surface area contributed by atoms with Gasteiger partial charge in [-0.3, -0.25) is 4.79 Å². The second-order valence-corrected chi connectivity index (χ2v) is 6.20. The summed E-state index contributed by atoms with van der Waals surface area (Å²) in [7, 11) is 0. The fourth-order valence-corrected chi connectivity index (χ4v) is 2.97. The summed E-state index contributed by atoms with van der Waals surface area (Å²) in [6.07, 6.45) is 3.24. The number of benzene rings is 1. The summed E-state index contributed by atoms with van der Waals surface area (Å²) in [4.78, 5) is 18.3. The maximum atomic E-state index is 13.5. The van der Waals surface area contributed by atoms with Crippen molar-refractivity contribution in [1.29, 1.82) is 0 Å². The van der Waals surface area contributed by atoms with E-state index in [9.17, 15) is 9.18 Å². The summed E-state index contributed by atoms with van der Waals surface area (Å²) in [6, 6.07) is 6.18. The number of halogens is 1. The first kappa shape index (κ1) is 17.4. The molecule has 1 atom stereocenters. The van der Waals surface area contributed by atoms with Crippen LogP contribution in [0.15, 0.2) is 28.8 Å². The number of aromatic nitrogens is 2. The van der Waals surface area contributed by atoms with Gasteiger partial charge >= 0.3 is 0 Å². The molecule has 134 valence electrons. The lowest BCUT2D eigenvalue weighted by Gasteiger charge is -2.31. The highest BCUT2D eigenvalue weighted by molar-refractivity contribution is 5.76. The molecule has 25 heavy (non-hydrogen) atoms. The van der Waals surface area contributed by atoms with Crippen molar-refractivity contribution in [3.63, 3.8) is 0 Å². The van der Waals surface area contributed by atoms with Gasteiger partial charge in [-0.15, -0.1) is 0 Å². The van der Waals surface area contributed by atoms with Crippen molar-refractivity contribution in [2.75, 3.05) is 13.1 Å². The molecule has 1 saturated heterocycles. The lowest BCUT2D eigenvalue weighted by molar-refractivity contribution is -0.132. The van der Waals surface area contributed by atoms with Gasteiger partial charge in [0.25, 0.3) is 0 Å². The van der Waals surface area contributed by atoms with Crippen LogP contribution in [-0.4, -0.2) is 34.0 Å². The number of hydrogen-bond donors (Lipinski definition) is 0. The molecule has 0 N–H and O–H groups in total. The predicted molar refractivity (Wildman–Crippen MR) is 88.5 cm³/mol. The smallest absolute Gasteiger partial charge is 0.231 e. The Hall–Kier alpha value is -2.44. The van der Waals surface area contributed by atoms with Crippen LogP contribution >= 0.6 is 0 Å². The average Bonchev–Trinajstić information content (AvgIpc) is 3.10. The van der Waals surface area contributed by atoms with Gasteiger partial charge in [0.05, 0.1) is 5.92 Å². The number of carbonyl (C=O) groups is 1. The van der Waals surface area contributed by atoms with E-state index in [0.29, 0.717) is 24.7 Å². The standard InChI is InChI=1S/C18H22FN3O3/c1-2-6-17(23)22-10-5-7-13(11-22)18-20-16(21-25-18)12-24-15-9-4-3-8-14(15)19/h3-4,8-9,13H,2,5-7,10-12H2,1H3. The number of nitrogens with zero attached hydrogens (tertiary/aromatic N) is 3. The Morgan fingerprint density at radius 1 is 1.44 bits per heavy atom. The molecular weight excluding hydrogens is 325 g/mol. The molecule has 0 aliphatic carbocycles. The van der Waals surface area contributed by atoms with Gasteiger partial charge in [0.1, 0.15) is 0 Å². The molecule has 1 aliphatic rings. The summed E-state index contributed by atoms with van der Waals surface area (Å²) >= 11 is 0. The van der Waals surface area contributed by atoms with Crippen molar-refractivity contribution in [3.05, 3.63) is 41.8 Å². The Morgan fingerprint density at radius 2 is 2.28 bits per heavy atom. The minimum absolute atomic E-state index is 0.0373. The third-order valence-corrected chi connectivity index (χ3v) is 4.26. The van der Waals surface area contributed by atoms with Gasteiger partial charge in [-0.2, -0.15) is 4.98 Å². The zero-order valence-corrected chi connectivity index (χ0v) is 14.3. The minimum Gasteiger partial charge on any atom is -0.482 e. The molecule has 0 radical (unpaired) electrons. The molecule has 1 aliphatic heterocycles. The second kappa shape index (κ2) is 8.09. The van der Waals surface area contributed by atoms with Crippen LogP contribution in [0.25, 0.3) is 0 Å². The molecular formula is C18H22FN3O3. The Morgan fingerprint density at radius 3 is 3.08 bits per heavy atom. The topological polar surface area (TPSA) is 68.5 Å². The number of para-hydroxylation sites is 1. The van der Waals surface area contributed by atoms with Gasteiger partial charge < -0.3 is 14.2 Å². The fourth-order valence-electron chi connectivity index (χ4n) is 2.97. The molecule has 0 spiro atoms. The van der Waals surface area contributed by atoms with Gasteiger partial charge in [0.2, 0.25) is 17.6 Å². The molecule has 7 heteroatoms. The van der Waals surface area contributed by atoms with Crippen molar-refractivity contribution in [3.8, 4) is 5.75 Å². The Kier molecular flexibility index (Phi) is 5.63. The van der Waals surface area contributed by atoms with Gasteiger partial charge in [-0.05, 0) is 31.4 Å². The van der Waals surface area contributed by atoms with E-state index in [0.717, 1.165) is 25.8 Å². The molecule has 1 unspecified atom stereocenters. The first-order valence-electron chi connectivity index (χ1n) is 8.65. The molecule has 1 aromatic carbocycles. The number of amides is 1. The highest BCUT2D eigenvalue weighted by Gasteiger charge is 2.28. The molecule has 1 fully saturated rings. The first-order valence-corrected chi connectivity index (χ1v) is 8.65. The number of hydrogen-bond acceptors (Lipinski definition) is 5. The van der Waals surface area contributed by atoms with Gasteiger partial charge in [0.15, 0.2) is 18.2 Å². The van der Waals surface area contributed by atoms with E-state index in [2.05, 4.69) is 10.1 Å². The Labute approximate surface area is 146 Å². The third kappa shape index (κ3) is 4.35. The van der Waals surface area contributed by atoms with Crippen molar-refractivity contribution in [1.82, 2.24) is 15.0 Å². The molecule has 0 saturated carbocycles. The number of carbonyl (C=O) groups excluding carboxylic acids is 1. The van der Waals surface area contributed by atoms with Crippen molar-refractivity contribution in [2.24, 2.45) is 0 Å². The Balaban J connectivity index is 1.59. The summed E-state index contributed by atoms with van der Waals surface area (Å²) < 4.78 is 24.3. The van der Waals surface area contributed by atoms with Crippen LogP contribution in [0.1, 0.15) is 50.2 Å². The van der Waals surface area contributed by atoms with Crippen LogP contribution < -0.4 is 4.74 Å². The number of rotatable bonds is 6. The zero-order valence-electron chi connectivity index (χ0n) is 14.3. The minimum atomic E-state index is -0.427. The van der Waals surface area contributed by atoms with Crippen molar-refractivity contribution >= 4 is 5.91 Å². The van der Waals surface area contributed by atoms with Crippen LogP contribution in [0.5, 0.6) is 5.75 Å². The predicted octanol–water partition coefficient (Wildman–Crippen LogP) is 3.29. The largest absolute Gasteiger partial charge is 0.482 e. The summed E-state index contributed by atoms with van der Waals surface area (Å²) in [6.45, 7) is 3.43. The van der Waals surface area contributed by atoms with E-state index in [4.69, 9.17) is 9.26 Å². The lowest BCUT2D eigenvalue weighted by Crippen LogP contribution is -2.39. The van der Waals surface area contributed by atoms with Crippen LogP contribution in [0.4, 0.5) is 4.39 Å².